The highest BCUT2D eigenvalue weighted by Crippen LogP contribution is 2.32. The third-order valence-corrected chi connectivity index (χ3v) is 4.75. The van der Waals surface area contributed by atoms with E-state index in [1.807, 2.05) is 0 Å². The highest BCUT2D eigenvalue weighted by atomic mass is 32.2. The molecule has 0 unspecified atom stereocenters. The first-order valence-electron chi connectivity index (χ1n) is 8.21. The molecule has 1 fully saturated rings. The van der Waals surface area contributed by atoms with Crippen LogP contribution in [0.4, 0.5) is 4.79 Å². The third-order valence-electron chi connectivity index (χ3n) is 3.84. The smallest absolute Gasteiger partial charge is 0.337 e. The van der Waals surface area contributed by atoms with E-state index >= 15 is 0 Å². The van der Waals surface area contributed by atoms with Gasteiger partial charge in [-0.15, -0.1) is 0 Å². The van der Waals surface area contributed by atoms with Gasteiger partial charge >= 0.3 is 5.97 Å². The molecule has 0 bridgehead atoms. The molecule has 0 spiro atoms. The summed E-state index contributed by atoms with van der Waals surface area (Å²) in [7, 11) is 1.29. The van der Waals surface area contributed by atoms with E-state index in [0.717, 1.165) is 16.7 Å². The molecule has 0 radical (unpaired) electrons. The first-order chi connectivity index (χ1) is 13.5. The zero-order valence-electron chi connectivity index (χ0n) is 14.8. The quantitative estimate of drug-likeness (QED) is 0.586. The molecule has 2 aromatic rings. The van der Waals surface area contributed by atoms with Crippen molar-refractivity contribution in [3.63, 3.8) is 0 Å². The molecule has 3 amide bonds. The van der Waals surface area contributed by atoms with Gasteiger partial charge in [0.25, 0.3) is 11.1 Å². The number of nitrogens with one attached hydrogen (secondary N) is 1. The van der Waals surface area contributed by atoms with E-state index < -0.39 is 23.0 Å². The Hall–Kier alpha value is -3.33. The second kappa shape index (κ2) is 8.57. The van der Waals surface area contributed by atoms with Crippen molar-refractivity contribution in [2.24, 2.45) is 0 Å². The third kappa shape index (κ3) is 4.49. The van der Waals surface area contributed by atoms with Crippen LogP contribution in [-0.2, 0) is 20.9 Å². The summed E-state index contributed by atoms with van der Waals surface area (Å²) in [6.07, 6.45) is 3.02. The zero-order chi connectivity index (χ0) is 20.1. The molecular weight excluding hydrogens is 384 g/mol. The summed E-state index contributed by atoms with van der Waals surface area (Å²) >= 11 is 0.758. The Morgan fingerprint density at radius 2 is 1.96 bits per heavy atom. The van der Waals surface area contributed by atoms with Gasteiger partial charge in [0.15, 0.2) is 0 Å². The minimum atomic E-state index is -0.541. The number of hydrogen-bond acceptors (Lipinski definition) is 7. The Labute approximate surface area is 164 Å². The first-order valence-corrected chi connectivity index (χ1v) is 9.02. The van der Waals surface area contributed by atoms with Gasteiger partial charge < -0.3 is 14.5 Å². The topological polar surface area (TPSA) is 106 Å². The molecule has 3 rings (SSSR count). The number of esters is 1. The molecule has 1 saturated heterocycles. The van der Waals surface area contributed by atoms with Gasteiger partial charge in [-0.2, -0.15) is 0 Å². The highest BCUT2D eigenvalue weighted by molar-refractivity contribution is 8.18. The van der Waals surface area contributed by atoms with Gasteiger partial charge in [0.1, 0.15) is 12.3 Å². The van der Waals surface area contributed by atoms with E-state index in [-0.39, 0.29) is 18.0 Å². The average molecular weight is 400 g/mol. The number of imide groups is 1. The maximum Gasteiger partial charge on any atom is 0.337 e. The molecule has 0 aliphatic carbocycles. The standard InChI is InChI=1S/C19H16N2O6S/c1-26-18(24)13-6-4-12(5-7-13)9-15-17(23)21(19(25)28-15)11-16(22)20-10-14-3-2-8-27-14/h2-9H,10-11H2,1H3,(H,20,22)/b15-9-. The van der Waals surface area contributed by atoms with E-state index in [2.05, 4.69) is 10.1 Å². The molecular formula is C19H16N2O6S. The Morgan fingerprint density at radius 3 is 2.61 bits per heavy atom. The predicted octanol–water partition coefficient (Wildman–Crippen LogP) is 2.42. The lowest BCUT2D eigenvalue weighted by Gasteiger charge is -2.11. The summed E-state index contributed by atoms with van der Waals surface area (Å²) in [6, 6.07) is 9.79. The largest absolute Gasteiger partial charge is 0.467 e. The van der Waals surface area contributed by atoms with Gasteiger partial charge in [0.2, 0.25) is 5.91 Å². The number of ether oxygens (including phenoxy) is 1. The van der Waals surface area contributed by atoms with Crippen molar-refractivity contribution < 1.29 is 28.3 Å². The van der Waals surface area contributed by atoms with Crippen molar-refractivity contribution in [2.45, 2.75) is 6.54 Å². The van der Waals surface area contributed by atoms with Crippen LogP contribution in [0.1, 0.15) is 21.7 Å². The molecule has 8 nitrogen and oxygen atoms in total. The maximum atomic E-state index is 12.5. The zero-order valence-corrected chi connectivity index (χ0v) is 15.7. The molecule has 1 aromatic carbocycles. The molecule has 0 saturated carbocycles. The molecule has 2 heterocycles. The molecule has 9 heteroatoms. The highest BCUT2D eigenvalue weighted by Gasteiger charge is 2.36. The fraction of sp³-hybridized carbons (Fsp3) is 0.158. The number of methoxy groups -OCH3 is 1. The summed E-state index contributed by atoms with van der Waals surface area (Å²) in [6.45, 7) is -0.200. The number of thioether (sulfide) groups is 1. The Morgan fingerprint density at radius 1 is 1.21 bits per heavy atom. The van der Waals surface area contributed by atoms with Crippen LogP contribution < -0.4 is 5.32 Å². The van der Waals surface area contributed by atoms with Crippen molar-refractivity contribution in [1.82, 2.24) is 10.2 Å². The number of nitrogens with zero attached hydrogens (tertiary/aromatic N) is 1. The van der Waals surface area contributed by atoms with E-state index in [4.69, 9.17) is 4.42 Å². The van der Waals surface area contributed by atoms with E-state index in [0.29, 0.717) is 16.9 Å². The number of benzene rings is 1. The minimum absolute atomic E-state index is 0.171. The summed E-state index contributed by atoms with van der Waals surface area (Å²) in [5.74, 6) is -0.909. The SMILES string of the molecule is COC(=O)c1ccc(/C=C2\SC(=O)N(CC(=O)NCc3ccco3)C2=O)cc1. The van der Waals surface area contributed by atoms with Gasteiger partial charge in [-0.1, -0.05) is 12.1 Å². The molecule has 1 aliphatic heterocycles. The van der Waals surface area contributed by atoms with Crippen LogP contribution in [0.15, 0.2) is 52.0 Å². The number of carbonyl (C=O) groups excluding carboxylic acids is 4. The summed E-state index contributed by atoms with van der Waals surface area (Å²) in [5, 5.41) is 2.07. The minimum Gasteiger partial charge on any atom is -0.467 e. The Kier molecular flexibility index (Phi) is 5.95. The first kappa shape index (κ1) is 19.4. The van der Waals surface area contributed by atoms with Crippen LogP contribution in [0.2, 0.25) is 0 Å². The normalized spacial score (nSPS) is 15.2. The summed E-state index contributed by atoms with van der Waals surface area (Å²) < 4.78 is 9.73. The number of furan rings is 1. The fourth-order valence-corrected chi connectivity index (χ4v) is 3.26. The molecule has 28 heavy (non-hydrogen) atoms. The molecule has 1 N–H and O–H groups in total. The second-order valence-corrected chi connectivity index (χ2v) is 6.73. The van der Waals surface area contributed by atoms with Crippen molar-refractivity contribution in [2.75, 3.05) is 13.7 Å². The Bertz CT molecular complexity index is 934. The van der Waals surface area contributed by atoms with E-state index in [1.54, 1.807) is 36.4 Å². The molecule has 1 aliphatic rings. The number of amides is 3. The number of rotatable bonds is 6. The van der Waals surface area contributed by atoms with Crippen molar-refractivity contribution in [3.8, 4) is 0 Å². The molecule has 1 aromatic heterocycles. The van der Waals surface area contributed by atoms with Crippen LogP contribution in [-0.4, -0.2) is 41.6 Å². The van der Waals surface area contributed by atoms with Crippen molar-refractivity contribution in [3.05, 3.63) is 64.5 Å². The lowest BCUT2D eigenvalue weighted by atomic mass is 10.1. The van der Waals surface area contributed by atoms with Gasteiger partial charge in [-0.3, -0.25) is 19.3 Å². The lowest BCUT2D eigenvalue weighted by molar-refractivity contribution is -0.129. The van der Waals surface area contributed by atoms with Gasteiger partial charge in [-0.05, 0) is 47.7 Å². The average Bonchev–Trinajstić information content (AvgIpc) is 3.30. The summed E-state index contributed by atoms with van der Waals surface area (Å²) in [5.41, 5.74) is 1.02. The van der Waals surface area contributed by atoms with E-state index in [1.165, 1.54) is 19.4 Å². The van der Waals surface area contributed by atoms with E-state index in [9.17, 15) is 19.2 Å². The van der Waals surface area contributed by atoms with Gasteiger partial charge in [0, 0.05) is 0 Å². The Balaban J connectivity index is 1.63. The fourth-order valence-electron chi connectivity index (χ4n) is 2.42. The van der Waals surface area contributed by atoms with Crippen molar-refractivity contribution in [1.29, 1.82) is 0 Å². The van der Waals surface area contributed by atoms with Gasteiger partial charge in [-0.25, -0.2) is 4.79 Å². The molecule has 0 atom stereocenters. The van der Waals surface area contributed by atoms with Crippen LogP contribution in [0.5, 0.6) is 0 Å². The number of carbonyl (C=O) groups is 4. The molecule has 144 valence electrons. The summed E-state index contributed by atoms with van der Waals surface area (Å²) in [4.78, 5) is 49.1. The van der Waals surface area contributed by atoms with Crippen LogP contribution >= 0.6 is 11.8 Å². The van der Waals surface area contributed by atoms with Gasteiger partial charge in [0.05, 0.1) is 30.4 Å². The van der Waals surface area contributed by atoms with Crippen LogP contribution in [0, 0.1) is 0 Å². The van der Waals surface area contributed by atoms with Crippen molar-refractivity contribution >= 4 is 40.9 Å². The maximum absolute atomic E-state index is 12.5. The predicted molar refractivity (Wildman–Crippen MR) is 101 cm³/mol. The number of hydrogen-bond donors (Lipinski definition) is 1. The second-order valence-electron chi connectivity index (χ2n) is 5.74. The monoisotopic (exact) mass is 400 g/mol. The van der Waals surface area contributed by atoms with Crippen LogP contribution in [0.3, 0.4) is 0 Å². The lowest BCUT2D eigenvalue weighted by Crippen LogP contribution is -2.39. The van der Waals surface area contributed by atoms with Crippen LogP contribution in [0.25, 0.3) is 6.08 Å².